The van der Waals surface area contributed by atoms with Gasteiger partial charge in [-0.05, 0) is 56.5 Å². The van der Waals surface area contributed by atoms with Crippen molar-refractivity contribution in [2.45, 2.75) is 46.6 Å². The first-order chi connectivity index (χ1) is 15.9. The number of carbonyl (C=O) groups excluding carboxylic acids is 2. The molecule has 2 rings (SSSR count). The number of hydrogen-bond donors (Lipinski definition) is 1. The van der Waals surface area contributed by atoms with Crippen LogP contribution < -0.4 is 14.8 Å². The molecule has 0 fully saturated rings. The molecule has 1 heterocycles. The van der Waals surface area contributed by atoms with Gasteiger partial charge >= 0.3 is 6.03 Å². The van der Waals surface area contributed by atoms with Crippen molar-refractivity contribution in [1.29, 1.82) is 0 Å². The first-order valence-corrected chi connectivity index (χ1v) is 12.3. The van der Waals surface area contributed by atoms with Gasteiger partial charge in [-0.15, -0.1) is 11.3 Å². The van der Waals surface area contributed by atoms with E-state index >= 15 is 0 Å². The van der Waals surface area contributed by atoms with Crippen LogP contribution in [0.4, 0.5) is 4.79 Å². The third kappa shape index (κ3) is 8.28. The fourth-order valence-electron chi connectivity index (χ4n) is 3.48. The van der Waals surface area contributed by atoms with E-state index in [9.17, 15) is 9.59 Å². The van der Waals surface area contributed by atoms with E-state index in [2.05, 4.69) is 31.3 Å². The lowest BCUT2D eigenvalue weighted by atomic mass is 10.1. The average molecular weight is 476 g/mol. The van der Waals surface area contributed by atoms with Gasteiger partial charge in [-0.2, -0.15) is 0 Å². The van der Waals surface area contributed by atoms with E-state index in [4.69, 9.17) is 9.47 Å². The maximum atomic E-state index is 13.3. The molecular weight excluding hydrogens is 438 g/mol. The number of amides is 3. The molecule has 2 aromatic rings. The van der Waals surface area contributed by atoms with Crippen molar-refractivity contribution in [2.75, 3.05) is 40.4 Å². The predicted molar refractivity (Wildman–Crippen MR) is 133 cm³/mol. The van der Waals surface area contributed by atoms with Crippen molar-refractivity contribution in [2.24, 2.45) is 0 Å². The molecule has 0 saturated carbocycles. The molecule has 33 heavy (non-hydrogen) atoms. The van der Waals surface area contributed by atoms with E-state index in [0.29, 0.717) is 44.1 Å². The van der Waals surface area contributed by atoms with Gasteiger partial charge in [0.25, 0.3) is 0 Å². The molecule has 0 radical (unpaired) electrons. The number of benzene rings is 1. The molecular formula is C25H37N3O4S. The number of nitrogens with zero attached hydrogens (tertiary/aromatic N) is 2. The van der Waals surface area contributed by atoms with Crippen LogP contribution in [0.2, 0.25) is 0 Å². The topological polar surface area (TPSA) is 71.1 Å². The Bertz CT molecular complexity index is 900. The number of aryl methyl sites for hydroxylation is 1. The molecule has 7 nitrogen and oxygen atoms in total. The fraction of sp³-hybridized carbons (Fsp3) is 0.520. The Labute approximate surface area is 201 Å². The monoisotopic (exact) mass is 475 g/mol. The minimum atomic E-state index is -0.189. The van der Waals surface area contributed by atoms with Gasteiger partial charge in [0.2, 0.25) is 5.91 Å². The van der Waals surface area contributed by atoms with Crippen molar-refractivity contribution in [3.63, 3.8) is 0 Å². The number of carbonyl (C=O) groups is 2. The van der Waals surface area contributed by atoms with Gasteiger partial charge < -0.3 is 24.6 Å². The van der Waals surface area contributed by atoms with Gasteiger partial charge in [0.1, 0.15) is 6.54 Å². The van der Waals surface area contributed by atoms with Gasteiger partial charge in [-0.1, -0.05) is 19.4 Å². The average Bonchev–Trinajstić information content (AvgIpc) is 3.23. The Kier molecular flexibility index (Phi) is 11.0. The zero-order chi connectivity index (χ0) is 24.2. The van der Waals surface area contributed by atoms with Gasteiger partial charge in [-0.3, -0.25) is 4.79 Å². The first kappa shape index (κ1) is 26.5. The lowest BCUT2D eigenvalue weighted by Crippen LogP contribution is -2.47. The second-order valence-electron chi connectivity index (χ2n) is 7.88. The highest BCUT2D eigenvalue weighted by atomic mass is 32.1. The Morgan fingerprint density at radius 1 is 1.00 bits per heavy atom. The predicted octanol–water partition coefficient (Wildman–Crippen LogP) is 4.48. The molecule has 1 N–H and O–H groups in total. The summed E-state index contributed by atoms with van der Waals surface area (Å²) in [6.07, 6.45) is 2.49. The van der Waals surface area contributed by atoms with Crippen LogP contribution in [0.5, 0.6) is 11.5 Å². The van der Waals surface area contributed by atoms with Crippen molar-refractivity contribution >= 4 is 23.3 Å². The lowest BCUT2D eigenvalue weighted by Gasteiger charge is -2.27. The molecule has 182 valence electrons. The fourth-order valence-corrected chi connectivity index (χ4v) is 4.38. The molecule has 0 aliphatic heterocycles. The van der Waals surface area contributed by atoms with Crippen LogP contribution in [0.1, 0.15) is 42.0 Å². The van der Waals surface area contributed by atoms with Crippen LogP contribution >= 0.6 is 11.3 Å². The van der Waals surface area contributed by atoms with Crippen LogP contribution in [-0.2, 0) is 17.8 Å². The number of hydrogen-bond acceptors (Lipinski definition) is 5. The second-order valence-corrected chi connectivity index (χ2v) is 9.25. The van der Waals surface area contributed by atoms with Crippen molar-refractivity contribution in [1.82, 2.24) is 15.1 Å². The van der Waals surface area contributed by atoms with E-state index in [1.165, 1.54) is 4.88 Å². The zero-order valence-electron chi connectivity index (χ0n) is 20.5. The second kappa shape index (κ2) is 13.7. The van der Waals surface area contributed by atoms with E-state index in [-0.39, 0.29) is 18.5 Å². The third-order valence-corrected chi connectivity index (χ3v) is 6.32. The highest BCUT2D eigenvalue weighted by Crippen LogP contribution is 2.28. The Balaban J connectivity index is 2.16. The molecule has 0 saturated heterocycles. The molecule has 1 aromatic carbocycles. The highest BCUT2D eigenvalue weighted by molar-refractivity contribution is 7.11. The summed E-state index contributed by atoms with van der Waals surface area (Å²) in [4.78, 5) is 31.7. The summed E-state index contributed by atoms with van der Waals surface area (Å²) >= 11 is 1.69. The first-order valence-electron chi connectivity index (χ1n) is 11.5. The van der Waals surface area contributed by atoms with Gasteiger partial charge in [-0.25, -0.2) is 4.79 Å². The van der Waals surface area contributed by atoms with Crippen LogP contribution in [0.25, 0.3) is 0 Å². The highest BCUT2D eigenvalue weighted by Gasteiger charge is 2.21. The van der Waals surface area contributed by atoms with Crippen LogP contribution in [0.3, 0.4) is 0 Å². The molecule has 8 heteroatoms. The largest absolute Gasteiger partial charge is 0.493 e. The number of urea groups is 1. The van der Waals surface area contributed by atoms with Crippen LogP contribution in [0.15, 0.2) is 30.3 Å². The SMILES string of the molecule is CCCCN(CC(=O)N(CCc1ccc(OC)c(OC)c1)Cc1ccc(C)s1)C(=O)NCC. The van der Waals surface area contributed by atoms with Gasteiger partial charge in [0, 0.05) is 29.4 Å². The molecule has 0 unspecified atom stereocenters. The summed E-state index contributed by atoms with van der Waals surface area (Å²) in [7, 11) is 3.22. The van der Waals surface area contributed by atoms with E-state index in [1.54, 1.807) is 30.5 Å². The Hall–Kier alpha value is -2.74. The number of methoxy groups -OCH3 is 2. The Morgan fingerprint density at radius 3 is 2.36 bits per heavy atom. The molecule has 0 aliphatic rings. The van der Waals surface area contributed by atoms with Crippen LogP contribution in [0, 0.1) is 6.92 Å². The van der Waals surface area contributed by atoms with Crippen LogP contribution in [-0.4, -0.2) is 62.1 Å². The van der Waals surface area contributed by atoms with Crippen molar-refractivity contribution < 1.29 is 19.1 Å². The third-order valence-electron chi connectivity index (χ3n) is 5.34. The summed E-state index contributed by atoms with van der Waals surface area (Å²) in [5, 5.41) is 2.83. The minimum Gasteiger partial charge on any atom is -0.493 e. The number of nitrogens with one attached hydrogen (secondary N) is 1. The number of rotatable bonds is 13. The van der Waals surface area contributed by atoms with E-state index in [1.807, 2.05) is 30.0 Å². The van der Waals surface area contributed by atoms with E-state index in [0.717, 1.165) is 23.3 Å². The number of ether oxygens (including phenoxy) is 2. The molecule has 0 atom stereocenters. The zero-order valence-corrected chi connectivity index (χ0v) is 21.3. The minimum absolute atomic E-state index is 0.0520. The molecule has 3 amide bonds. The molecule has 0 aliphatic carbocycles. The number of thiophene rings is 1. The summed E-state index contributed by atoms with van der Waals surface area (Å²) in [6.45, 7) is 8.26. The normalized spacial score (nSPS) is 10.6. The quantitative estimate of drug-likeness (QED) is 0.464. The summed E-state index contributed by atoms with van der Waals surface area (Å²) in [5.41, 5.74) is 1.05. The number of unbranched alkanes of at least 4 members (excludes halogenated alkanes) is 1. The smallest absolute Gasteiger partial charge is 0.317 e. The summed E-state index contributed by atoms with van der Waals surface area (Å²) in [5.74, 6) is 1.30. The maximum Gasteiger partial charge on any atom is 0.317 e. The van der Waals surface area contributed by atoms with Crippen molar-refractivity contribution in [3.05, 3.63) is 45.6 Å². The van der Waals surface area contributed by atoms with Crippen molar-refractivity contribution in [3.8, 4) is 11.5 Å². The standard InChI is InChI=1S/C25H37N3O4S/c1-6-8-14-28(25(30)26-7-2)18-24(29)27(17-21-11-9-19(3)33-21)15-13-20-10-12-22(31-4)23(16-20)32-5/h9-12,16H,6-8,13-15,17-18H2,1-5H3,(H,26,30). The molecule has 1 aromatic heterocycles. The summed E-state index contributed by atoms with van der Waals surface area (Å²) < 4.78 is 10.7. The Morgan fingerprint density at radius 2 is 1.76 bits per heavy atom. The van der Waals surface area contributed by atoms with E-state index < -0.39 is 0 Å². The van der Waals surface area contributed by atoms with Gasteiger partial charge in [0.05, 0.1) is 20.8 Å². The molecule has 0 spiro atoms. The lowest BCUT2D eigenvalue weighted by molar-refractivity contribution is -0.132. The summed E-state index contributed by atoms with van der Waals surface area (Å²) in [6, 6.07) is 9.76. The molecule has 0 bridgehead atoms. The van der Waals surface area contributed by atoms with Gasteiger partial charge in [0.15, 0.2) is 11.5 Å². The maximum absolute atomic E-state index is 13.3.